The highest BCUT2D eigenvalue weighted by Crippen LogP contribution is 2.39. The van der Waals surface area contributed by atoms with Gasteiger partial charge in [0.1, 0.15) is 18.3 Å². The molecule has 136 valence electrons. The third-order valence-electron chi connectivity index (χ3n) is 3.74. The first-order chi connectivity index (χ1) is 11.1. The molecule has 0 aromatic rings. The van der Waals surface area contributed by atoms with Gasteiger partial charge in [-0.25, -0.2) is 0 Å². The maximum absolute atomic E-state index is 11.6. The minimum atomic E-state index is -0.937. The van der Waals surface area contributed by atoms with Crippen molar-refractivity contribution in [2.45, 2.75) is 70.5 Å². The fourth-order valence-electron chi connectivity index (χ4n) is 2.94. The second-order valence-electron chi connectivity index (χ2n) is 6.22. The van der Waals surface area contributed by atoms with E-state index in [1.54, 1.807) is 13.8 Å². The molecule has 0 aromatic carbocycles. The van der Waals surface area contributed by atoms with Crippen LogP contribution in [0, 0.1) is 0 Å². The van der Waals surface area contributed by atoms with E-state index in [-0.39, 0.29) is 12.3 Å². The molecule has 2 rings (SSSR count). The van der Waals surface area contributed by atoms with E-state index >= 15 is 0 Å². The molecule has 0 aromatic heterocycles. The van der Waals surface area contributed by atoms with E-state index in [0.717, 1.165) is 0 Å². The fraction of sp³-hybridized carbons (Fsp3) is 0.800. The number of hydrogen-bond acceptors (Lipinski definition) is 8. The van der Waals surface area contributed by atoms with Gasteiger partial charge in [-0.05, 0) is 13.8 Å². The molecule has 1 N–H and O–H groups in total. The summed E-state index contributed by atoms with van der Waals surface area (Å²) in [6, 6.07) is -0.636. The number of hydrogen-bond donors (Lipinski definition) is 1. The van der Waals surface area contributed by atoms with Crippen molar-refractivity contribution in [2.24, 2.45) is 0 Å². The first-order valence-electron chi connectivity index (χ1n) is 7.65. The molecule has 2 aliphatic heterocycles. The lowest BCUT2D eigenvalue weighted by molar-refractivity contribution is -0.221. The fourth-order valence-corrected chi connectivity index (χ4v) is 2.94. The predicted molar refractivity (Wildman–Crippen MR) is 78.5 cm³/mol. The topological polar surface area (TPSA) is 109 Å². The SMILES string of the molecule is COC(=O)CC(OC(C)=O)[C@H]1O[C@@H]2OC(C)(C)O[C@@H]2[C@H]1NC(C)=O. The summed E-state index contributed by atoms with van der Waals surface area (Å²) in [4.78, 5) is 34.6. The van der Waals surface area contributed by atoms with Crippen molar-refractivity contribution in [3.05, 3.63) is 0 Å². The number of amides is 1. The summed E-state index contributed by atoms with van der Waals surface area (Å²) in [5.41, 5.74) is 0. The van der Waals surface area contributed by atoms with Gasteiger partial charge < -0.3 is 29.0 Å². The second-order valence-corrected chi connectivity index (χ2v) is 6.22. The van der Waals surface area contributed by atoms with E-state index in [0.29, 0.717) is 0 Å². The molecule has 0 aliphatic carbocycles. The third-order valence-corrected chi connectivity index (χ3v) is 3.74. The first kappa shape index (κ1) is 18.6. The van der Waals surface area contributed by atoms with Crippen molar-refractivity contribution < 1.29 is 38.1 Å². The van der Waals surface area contributed by atoms with Crippen molar-refractivity contribution in [3.63, 3.8) is 0 Å². The lowest BCUT2D eigenvalue weighted by Gasteiger charge is -2.30. The van der Waals surface area contributed by atoms with Gasteiger partial charge in [-0.3, -0.25) is 14.4 Å². The van der Waals surface area contributed by atoms with Crippen LogP contribution in [-0.4, -0.2) is 61.4 Å². The lowest BCUT2D eigenvalue weighted by Crippen LogP contribution is -2.52. The van der Waals surface area contributed by atoms with Crippen LogP contribution in [0.2, 0.25) is 0 Å². The van der Waals surface area contributed by atoms with E-state index in [9.17, 15) is 14.4 Å². The van der Waals surface area contributed by atoms with Crippen molar-refractivity contribution in [3.8, 4) is 0 Å². The van der Waals surface area contributed by atoms with Crippen LogP contribution in [0.1, 0.15) is 34.1 Å². The summed E-state index contributed by atoms with van der Waals surface area (Å²) >= 11 is 0. The van der Waals surface area contributed by atoms with Crippen LogP contribution < -0.4 is 5.32 Å². The van der Waals surface area contributed by atoms with Crippen molar-refractivity contribution in [1.29, 1.82) is 0 Å². The predicted octanol–water partition coefficient (Wildman–Crippen LogP) is -0.138. The molecule has 1 amide bonds. The molecule has 2 saturated heterocycles. The van der Waals surface area contributed by atoms with E-state index in [2.05, 4.69) is 10.1 Å². The van der Waals surface area contributed by atoms with Gasteiger partial charge in [0.2, 0.25) is 5.91 Å². The van der Waals surface area contributed by atoms with Crippen molar-refractivity contribution in [2.75, 3.05) is 7.11 Å². The normalized spacial score (nSPS) is 31.9. The molecule has 9 nitrogen and oxygen atoms in total. The minimum absolute atomic E-state index is 0.209. The maximum atomic E-state index is 11.6. The zero-order valence-electron chi connectivity index (χ0n) is 14.4. The molecular formula is C15H23NO8. The van der Waals surface area contributed by atoms with Crippen LogP contribution in [0.3, 0.4) is 0 Å². The van der Waals surface area contributed by atoms with Gasteiger partial charge in [-0.15, -0.1) is 0 Å². The zero-order valence-corrected chi connectivity index (χ0v) is 14.4. The van der Waals surface area contributed by atoms with Gasteiger partial charge in [-0.1, -0.05) is 0 Å². The Morgan fingerprint density at radius 3 is 2.42 bits per heavy atom. The maximum Gasteiger partial charge on any atom is 0.309 e. The van der Waals surface area contributed by atoms with Gasteiger partial charge in [0.05, 0.1) is 19.6 Å². The van der Waals surface area contributed by atoms with Crippen molar-refractivity contribution >= 4 is 17.8 Å². The largest absolute Gasteiger partial charge is 0.469 e. The van der Waals surface area contributed by atoms with Crippen LogP contribution >= 0.6 is 0 Å². The Morgan fingerprint density at radius 2 is 1.88 bits per heavy atom. The number of fused-ring (bicyclic) bond motifs is 1. The number of carbonyl (C=O) groups excluding carboxylic acids is 3. The second kappa shape index (κ2) is 7.04. The van der Waals surface area contributed by atoms with Gasteiger partial charge in [-0.2, -0.15) is 0 Å². The van der Waals surface area contributed by atoms with Crippen LogP contribution in [0.4, 0.5) is 0 Å². The molecular weight excluding hydrogens is 322 g/mol. The van der Waals surface area contributed by atoms with E-state index < -0.39 is 48.4 Å². The summed E-state index contributed by atoms with van der Waals surface area (Å²) < 4.78 is 27.1. The number of rotatable bonds is 5. The number of methoxy groups -OCH3 is 1. The average molecular weight is 345 g/mol. The standard InChI is InChI=1S/C15H23NO8/c1-7(17)16-11-12(9(21-8(2)18)6-10(19)20-5)22-14-13(11)23-15(3,4)24-14/h9,11-14H,6H2,1-5H3,(H,16,17)/t9?,11-,12+,13+,14+/m0/s1. The van der Waals surface area contributed by atoms with Crippen LogP contribution in [0.25, 0.3) is 0 Å². The van der Waals surface area contributed by atoms with E-state index in [1.165, 1.54) is 21.0 Å². The van der Waals surface area contributed by atoms with E-state index in [4.69, 9.17) is 18.9 Å². The number of nitrogens with one attached hydrogen (secondary N) is 1. The highest BCUT2D eigenvalue weighted by molar-refractivity contribution is 5.74. The Kier molecular flexibility index (Phi) is 5.46. The third kappa shape index (κ3) is 4.22. The Balaban J connectivity index is 2.22. The molecule has 0 bridgehead atoms. The summed E-state index contributed by atoms with van der Waals surface area (Å²) in [6.07, 6.45) is -3.27. The Bertz CT molecular complexity index is 520. The molecule has 2 fully saturated rings. The zero-order chi connectivity index (χ0) is 18.1. The summed E-state index contributed by atoms with van der Waals surface area (Å²) in [7, 11) is 1.23. The van der Waals surface area contributed by atoms with Gasteiger partial charge in [0, 0.05) is 13.8 Å². The smallest absolute Gasteiger partial charge is 0.309 e. The molecule has 0 spiro atoms. The Morgan fingerprint density at radius 1 is 1.21 bits per heavy atom. The summed E-state index contributed by atoms with van der Waals surface area (Å²) in [6.45, 7) is 6.04. The molecule has 0 radical (unpaired) electrons. The van der Waals surface area contributed by atoms with Crippen molar-refractivity contribution in [1.82, 2.24) is 5.32 Å². The average Bonchev–Trinajstić information content (AvgIpc) is 2.90. The summed E-state index contributed by atoms with van der Waals surface area (Å²) in [5, 5.41) is 2.73. The highest BCUT2D eigenvalue weighted by Gasteiger charge is 2.57. The highest BCUT2D eigenvalue weighted by atomic mass is 16.8. The number of ether oxygens (including phenoxy) is 5. The quantitative estimate of drug-likeness (QED) is 0.686. The van der Waals surface area contributed by atoms with Gasteiger partial charge in [0.15, 0.2) is 12.1 Å². The Hall–Kier alpha value is -1.71. The van der Waals surface area contributed by atoms with Crippen LogP contribution in [0.15, 0.2) is 0 Å². The van der Waals surface area contributed by atoms with Crippen LogP contribution in [0.5, 0.6) is 0 Å². The lowest BCUT2D eigenvalue weighted by atomic mass is 10.00. The molecule has 24 heavy (non-hydrogen) atoms. The summed E-state index contributed by atoms with van der Waals surface area (Å²) in [5.74, 6) is -2.31. The molecule has 9 heteroatoms. The van der Waals surface area contributed by atoms with Gasteiger partial charge in [0.25, 0.3) is 0 Å². The number of esters is 2. The molecule has 5 atom stereocenters. The van der Waals surface area contributed by atoms with E-state index in [1.807, 2.05) is 0 Å². The monoisotopic (exact) mass is 345 g/mol. The molecule has 2 heterocycles. The number of carbonyl (C=O) groups is 3. The molecule has 1 unspecified atom stereocenters. The first-order valence-corrected chi connectivity index (χ1v) is 7.65. The molecule has 2 aliphatic rings. The van der Waals surface area contributed by atoms with Crippen LogP contribution in [-0.2, 0) is 38.1 Å². The molecule has 0 saturated carbocycles. The Labute approximate surface area is 139 Å². The minimum Gasteiger partial charge on any atom is -0.469 e. The van der Waals surface area contributed by atoms with Gasteiger partial charge >= 0.3 is 11.9 Å².